The number of piperidine rings is 1. The van der Waals surface area contributed by atoms with Gasteiger partial charge in [0.1, 0.15) is 0 Å². The number of nitrogens with zero attached hydrogens (tertiary/aromatic N) is 2. The summed E-state index contributed by atoms with van der Waals surface area (Å²) in [7, 11) is 1.79. The Bertz CT molecular complexity index is 403. The zero-order valence-corrected chi connectivity index (χ0v) is 10.2. The summed E-state index contributed by atoms with van der Waals surface area (Å²) in [6.07, 6.45) is 11.6. The van der Waals surface area contributed by atoms with Crippen molar-refractivity contribution in [1.29, 1.82) is 0 Å². The fraction of sp³-hybridized carbons (Fsp3) is 0.500. The number of pyridine rings is 1. The van der Waals surface area contributed by atoms with Gasteiger partial charge in [0.15, 0.2) is 0 Å². The number of methoxy groups -OCH3 is 1. The molecule has 0 amide bonds. The van der Waals surface area contributed by atoms with Crippen LogP contribution in [0.3, 0.4) is 0 Å². The van der Waals surface area contributed by atoms with E-state index in [1.165, 1.54) is 5.56 Å². The Hall–Kier alpha value is -1.37. The maximum atomic E-state index is 5.37. The lowest BCUT2D eigenvalue weighted by molar-refractivity contribution is 0.0388. The molecule has 3 heteroatoms. The van der Waals surface area contributed by atoms with Crippen LogP contribution in [-0.2, 0) is 11.3 Å². The summed E-state index contributed by atoms with van der Waals surface area (Å²) in [5.74, 6) is 2.62. The van der Waals surface area contributed by atoms with Gasteiger partial charge >= 0.3 is 0 Å². The maximum absolute atomic E-state index is 5.37. The first-order chi connectivity index (χ1) is 8.31. The minimum absolute atomic E-state index is 0.432. The number of ether oxygens (including phenoxy) is 1. The molecule has 3 nitrogen and oxygen atoms in total. The molecule has 0 spiro atoms. The average molecular weight is 230 g/mol. The van der Waals surface area contributed by atoms with Gasteiger partial charge in [-0.05, 0) is 24.5 Å². The zero-order valence-electron chi connectivity index (χ0n) is 10.2. The Labute approximate surface area is 103 Å². The van der Waals surface area contributed by atoms with E-state index in [0.717, 1.165) is 38.0 Å². The van der Waals surface area contributed by atoms with E-state index in [0.29, 0.717) is 6.10 Å². The first-order valence-electron chi connectivity index (χ1n) is 5.97. The lowest BCUT2D eigenvalue weighted by Gasteiger charge is -2.31. The van der Waals surface area contributed by atoms with E-state index in [4.69, 9.17) is 11.2 Å². The van der Waals surface area contributed by atoms with Crippen LogP contribution < -0.4 is 0 Å². The van der Waals surface area contributed by atoms with Crippen molar-refractivity contribution >= 4 is 0 Å². The molecule has 1 saturated heterocycles. The molecular weight excluding hydrogens is 212 g/mol. The Morgan fingerprint density at radius 1 is 1.47 bits per heavy atom. The van der Waals surface area contributed by atoms with E-state index in [2.05, 4.69) is 15.8 Å². The van der Waals surface area contributed by atoms with Crippen molar-refractivity contribution in [3.8, 4) is 12.3 Å². The van der Waals surface area contributed by atoms with E-state index in [1.807, 2.05) is 12.3 Å². The number of terminal acetylenes is 1. The molecule has 0 aromatic carbocycles. The first-order valence-corrected chi connectivity index (χ1v) is 5.97. The van der Waals surface area contributed by atoms with Crippen LogP contribution in [0.25, 0.3) is 0 Å². The second-order valence-electron chi connectivity index (χ2n) is 4.44. The van der Waals surface area contributed by atoms with Gasteiger partial charge in [0.2, 0.25) is 0 Å². The molecule has 1 fully saturated rings. The fourth-order valence-corrected chi connectivity index (χ4v) is 2.21. The van der Waals surface area contributed by atoms with Gasteiger partial charge in [-0.1, -0.05) is 5.92 Å². The van der Waals surface area contributed by atoms with Crippen LogP contribution in [0.1, 0.15) is 24.0 Å². The zero-order chi connectivity index (χ0) is 12.1. The normalized spacial score (nSPS) is 17.9. The largest absolute Gasteiger partial charge is 0.381 e. The van der Waals surface area contributed by atoms with Crippen molar-refractivity contribution in [1.82, 2.24) is 9.88 Å². The molecule has 1 aliphatic heterocycles. The summed E-state index contributed by atoms with van der Waals surface area (Å²) >= 11 is 0. The van der Waals surface area contributed by atoms with Crippen LogP contribution in [0, 0.1) is 12.3 Å². The summed E-state index contributed by atoms with van der Waals surface area (Å²) in [6.45, 7) is 3.09. The second kappa shape index (κ2) is 5.81. The van der Waals surface area contributed by atoms with Crippen LogP contribution in [0.4, 0.5) is 0 Å². The third-order valence-electron chi connectivity index (χ3n) is 3.24. The highest BCUT2D eigenvalue weighted by molar-refractivity contribution is 5.31. The maximum Gasteiger partial charge on any atom is 0.0595 e. The van der Waals surface area contributed by atoms with E-state index >= 15 is 0 Å². The lowest BCUT2D eigenvalue weighted by atomic mass is 10.1. The Balaban J connectivity index is 1.91. The SMILES string of the molecule is C#Cc1cncc(CN2CCC(OC)CC2)c1. The van der Waals surface area contributed by atoms with Gasteiger partial charge in [-0.25, -0.2) is 0 Å². The van der Waals surface area contributed by atoms with Crippen molar-refractivity contribution < 1.29 is 4.74 Å². The van der Waals surface area contributed by atoms with Crippen molar-refractivity contribution in [3.05, 3.63) is 29.6 Å². The van der Waals surface area contributed by atoms with Gasteiger partial charge in [0.25, 0.3) is 0 Å². The van der Waals surface area contributed by atoms with Gasteiger partial charge in [-0.15, -0.1) is 6.42 Å². The number of likely N-dealkylation sites (tertiary alicyclic amines) is 1. The van der Waals surface area contributed by atoms with E-state index in [9.17, 15) is 0 Å². The molecule has 1 aliphatic rings. The molecule has 1 aromatic rings. The monoisotopic (exact) mass is 230 g/mol. The van der Waals surface area contributed by atoms with Gasteiger partial charge in [-0.3, -0.25) is 9.88 Å². The standard InChI is InChI=1S/C14H18N2O/c1-3-12-8-13(10-15-9-12)11-16-6-4-14(17-2)5-7-16/h1,8-10,14H,4-7,11H2,2H3. The molecule has 0 radical (unpaired) electrons. The van der Waals surface area contributed by atoms with Crippen LogP contribution in [0.15, 0.2) is 18.5 Å². The summed E-state index contributed by atoms with van der Waals surface area (Å²) < 4.78 is 5.36. The summed E-state index contributed by atoms with van der Waals surface area (Å²) in [5, 5.41) is 0. The molecule has 0 saturated carbocycles. The van der Waals surface area contributed by atoms with Gasteiger partial charge in [0, 0.05) is 44.7 Å². The molecule has 0 unspecified atom stereocenters. The predicted octanol–water partition coefficient (Wildman–Crippen LogP) is 1.67. The molecule has 0 aliphatic carbocycles. The number of hydrogen-bond donors (Lipinski definition) is 0. The van der Waals surface area contributed by atoms with Crippen LogP contribution in [0.2, 0.25) is 0 Å². The molecule has 90 valence electrons. The first kappa shape index (κ1) is 12.1. The summed E-state index contributed by atoms with van der Waals surface area (Å²) in [4.78, 5) is 6.58. The summed E-state index contributed by atoms with van der Waals surface area (Å²) in [6, 6.07) is 2.04. The highest BCUT2D eigenvalue weighted by atomic mass is 16.5. The Morgan fingerprint density at radius 2 is 2.24 bits per heavy atom. The molecule has 0 atom stereocenters. The van der Waals surface area contributed by atoms with Crippen molar-refractivity contribution in [3.63, 3.8) is 0 Å². The van der Waals surface area contributed by atoms with Gasteiger partial charge < -0.3 is 4.74 Å². The van der Waals surface area contributed by atoms with Crippen molar-refractivity contribution in [2.45, 2.75) is 25.5 Å². The topological polar surface area (TPSA) is 25.4 Å². The molecule has 2 rings (SSSR count). The summed E-state index contributed by atoms with van der Waals surface area (Å²) in [5.41, 5.74) is 2.05. The smallest absolute Gasteiger partial charge is 0.0595 e. The fourth-order valence-electron chi connectivity index (χ4n) is 2.21. The number of aromatic nitrogens is 1. The van der Waals surface area contributed by atoms with E-state index < -0.39 is 0 Å². The minimum atomic E-state index is 0.432. The molecular formula is C14H18N2O. The van der Waals surface area contributed by atoms with Crippen molar-refractivity contribution in [2.75, 3.05) is 20.2 Å². The van der Waals surface area contributed by atoms with Crippen LogP contribution in [0.5, 0.6) is 0 Å². The molecule has 0 N–H and O–H groups in total. The molecule has 2 heterocycles. The second-order valence-corrected chi connectivity index (χ2v) is 4.44. The van der Waals surface area contributed by atoms with Gasteiger partial charge in [-0.2, -0.15) is 0 Å². The predicted molar refractivity (Wildman–Crippen MR) is 67.5 cm³/mol. The number of hydrogen-bond acceptors (Lipinski definition) is 3. The molecule has 1 aromatic heterocycles. The van der Waals surface area contributed by atoms with Gasteiger partial charge in [0.05, 0.1) is 6.10 Å². The third-order valence-corrected chi connectivity index (χ3v) is 3.24. The number of rotatable bonds is 3. The Kier molecular flexibility index (Phi) is 4.13. The lowest BCUT2D eigenvalue weighted by Crippen LogP contribution is -2.36. The average Bonchev–Trinajstić information content (AvgIpc) is 2.40. The minimum Gasteiger partial charge on any atom is -0.381 e. The van der Waals surface area contributed by atoms with E-state index in [-0.39, 0.29) is 0 Å². The molecule has 17 heavy (non-hydrogen) atoms. The third kappa shape index (κ3) is 3.29. The van der Waals surface area contributed by atoms with Crippen molar-refractivity contribution in [2.24, 2.45) is 0 Å². The highest BCUT2D eigenvalue weighted by Crippen LogP contribution is 2.15. The quantitative estimate of drug-likeness (QED) is 0.739. The van der Waals surface area contributed by atoms with Crippen LogP contribution in [-0.4, -0.2) is 36.2 Å². The van der Waals surface area contributed by atoms with Crippen LogP contribution >= 0.6 is 0 Å². The Morgan fingerprint density at radius 3 is 2.88 bits per heavy atom. The molecule has 0 bridgehead atoms. The van der Waals surface area contributed by atoms with E-state index in [1.54, 1.807) is 13.3 Å². The highest BCUT2D eigenvalue weighted by Gasteiger charge is 2.18.